The fourth-order valence-corrected chi connectivity index (χ4v) is 4.74. The number of carbonyl (C=O) groups is 1. The van der Waals surface area contributed by atoms with E-state index in [-0.39, 0.29) is 16.8 Å². The SMILES string of the molecule is CC(NC(=O)c1cccc(S(=O)(=O)N2CCOCC2)c1)c1cccc(Br)c1. The molecule has 1 aliphatic rings. The van der Waals surface area contributed by atoms with Crippen molar-refractivity contribution in [3.05, 3.63) is 64.1 Å². The monoisotopic (exact) mass is 452 g/mol. The van der Waals surface area contributed by atoms with Crippen molar-refractivity contribution >= 4 is 31.9 Å². The van der Waals surface area contributed by atoms with Crippen LogP contribution in [-0.4, -0.2) is 44.9 Å². The van der Waals surface area contributed by atoms with Crippen molar-refractivity contribution in [1.29, 1.82) is 0 Å². The van der Waals surface area contributed by atoms with Crippen molar-refractivity contribution in [1.82, 2.24) is 9.62 Å². The Hall–Kier alpha value is -1.74. The molecule has 1 heterocycles. The van der Waals surface area contributed by atoms with Gasteiger partial charge in [-0.25, -0.2) is 8.42 Å². The number of hydrogen-bond donors (Lipinski definition) is 1. The molecule has 0 radical (unpaired) electrons. The molecule has 0 aromatic heterocycles. The van der Waals surface area contributed by atoms with E-state index in [2.05, 4.69) is 21.2 Å². The van der Waals surface area contributed by atoms with Crippen LogP contribution in [-0.2, 0) is 14.8 Å². The first kappa shape index (κ1) is 20.0. The number of hydrogen-bond acceptors (Lipinski definition) is 4. The first-order valence-electron chi connectivity index (χ1n) is 8.62. The molecule has 8 heteroatoms. The lowest BCUT2D eigenvalue weighted by Gasteiger charge is -2.26. The summed E-state index contributed by atoms with van der Waals surface area (Å²) >= 11 is 3.42. The Labute approximate surface area is 167 Å². The highest BCUT2D eigenvalue weighted by molar-refractivity contribution is 9.10. The van der Waals surface area contributed by atoms with Gasteiger partial charge in [0.25, 0.3) is 5.91 Å². The molecule has 1 aliphatic heterocycles. The summed E-state index contributed by atoms with van der Waals surface area (Å²) in [5.41, 5.74) is 1.26. The van der Waals surface area contributed by atoms with E-state index in [0.29, 0.717) is 31.9 Å². The van der Waals surface area contributed by atoms with Gasteiger partial charge < -0.3 is 10.1 Å². The molecule has 1 unspecified atom stereocenters. The summed E-state index contributed by atoms with van der Waals surface area (Å²) in [7, 11) is -3.64. The van der Waals surface area contributed by atoms with Crippen LogP contribution in [0.4, 0.5) is 0 Å². The van der Waals surface area contributed by atoms with Gasteiger partial charge in [0.15, 0.2) is 0 Å². The largest absolute Gasteiger partial charge is 0.379 e. The Morgan fingerprint density at radius 3 is 2.56 bits per heavy atom. The zero-order valence-electron chi connectivity index (χ0n) is 14.9. The van der Waals surface area contributed by atoms with E-state index in [1.54, 1.807) is 12.1 Å². The number of benzene rings is 2. The van der Waals surface area contributed by atoms with Crippen LogP contribution in [0.3, 0.4) is 0 Å². The minimum atomic E-state index is -3.64. The van der Waals surface area contributed by atoms with Crippen LogP contribution in [0.2, 0.25) is 0 Å². The maximum absolute atomic E-state index is 12.8. The second kappa shape index (κ2) is 8.52. The van der Waals surface area contributed by atoms with E-state index >= 15 is 0 Å². The molecule has 144 valence electrons. The number of carbonyl (C=O) groups excluding carboxylic acids is 1. The van der Waals surface area contributed by atoms with Crippen molar-refractivity contribution in [2.45, 2.75) is 17.9 Å². The summed E-state index contributed by atoms with van der Waals surface area (Å²) in [6.45, 7) is 3.28. The van der Waals surface area contributed by atoms with Gasteiger partial charge >= 0.3 is 0 Å². The average molecular weight is 453 g/mol. The summed E-state index contributed by atoms with van der Waals surface area (Å²) < 4.78 is 33.1. The lowest BCUT2D eigenvalue weighted by Crippen LogP contribution is -2.40. The van der Waals surface area contributed by atoms with Crippen molar-refractivity contribution in [2.24, 2.45) is 0 Å². The molecule has 2 aromatic rings. The minimum Gasteiger partial charge on any atom is -0.379 e. The van der Waals surface area contributed by atoms with Crippen LogP contribution >= 0.6 is 15.9 Å². The Kier molecular flexibility index (Phi) is 6.31. The topological polar surface area (TPSA) is 75.7 Å². The second-order valence-electron chi connectivity index (χ2n) is 6.29. The highest BCUT2D eigenvalue weighted by Crippen LogP contribution is 2.20. The number of amides is 1. The lowest BCUT2D eigenvalue weighted by molar-refractivity contribution is 0.0730. The van der Waals surface area contributed by atoms with Gasteiger partial charge in [0, 0.05) is 23.1 Å². The first-order valence-corrected chi connectivity index (χ1v) is 10.9. The molecule has 1 atom stereocenters. The predicted octanol–water partition coefficient (Wildman–Crippen LogP) is 2.96. The van der Waals surface area contributed by atoms with Crippen molar-refractivity contribution in [3.63, 3.8) is 0 Å². The minimum absolute atomic E-state index is 0.118. The third-order valence-electron chi connectivity index (χ3n) is 4.40. The summed E-state index contributed by atoms with van der Waals surface area (Å²) in [6, 6.07) is 13.6. The molecule has 0 spiro atoms. The van der Waals surface area contributed by atoms with E-state index < -0.39 is 10.0 Å². The zero-order chi connectivity index (χ0) is 19.4. The highest BCUT2D eigenvalue weighted by atomic mass is 79.9. The van der Waals surface area contributed by atoms with Gasteiger partial charge in [0.05, 0.1) is 24.2 Å². The fraction of sp³-hybridized carbons (Fsp3) is 0.316. The molecular formula is C19H21BrN2O4S. The Balaban J connectivity index is 1.77. The van der Waals surface area contributed by atoms with Crippen LogP contribution in [0, 0.1) is 0 Å². The van der Waals surface area contributed by atoms with Gasteiger partial charge in [0.2, 0.25) is 10.0 Å². The average Bonchev–Trinajstić information content (AvgIpc) is 2.68. The highest BCUT2D eigenvalue weighted by Gasteiger charge is 2.27. The Morgan fingerprint density at radius 1 is 1.15 bits per heavy atom. The van der Waals surface area contributed by atoms with Gasteiger partial charge in [-0.15, -0.1) is 0 Å². The number of morpholine rings is 1. The Morgan fingerprint density at radius 2 is 1.85 bits per heavy atom. The van der Waals surface area contributed by atoms with Gasteiger partial charge in [-0.2, -0.15) is 4.31 Å². The molecule has 0 aliphatic carbocycles. The normalized spacial score (nSPS) is 16.7. The number of nitrogens with zero attached hydrogens (tertiary/aromatic N) is 1. The number of rotatable bonds is 5. The van der Waals surface area contributed by atoms with E-state index in [1.165, 1.54) is 16.4 Å². The van der Waals surface area contributed by atoms with Gasteiger partial charge in [-0.3, -0.25) is 4.79 Å². The van der Waals surface area contributed by atoms with Crippen molar-refractivity contribution in [2.75, 3.05) is 26.3 Å². The summed E-state index contributed by atoms with van der Waals surface area (Å²) in [5.74, 6) is -0.318. The molecule has 1 saturated heterocycles. The molecule has 3 rings (SSSR count). The van der Waals surface area contributed by atoms with Gasteiger partial charge in [-0.05, 0) is 42.8 Å². The molecule has 1 amide bonds. The van der Waals surface area contributed by atoms with Crippen molar-refractivity contribution in [3.8, 4) is 0 Å². The van der Waals surface area contributed by atoms with Crippen molar-refractivity contribution < 1.29 is 17.9 Å². The predicted molar refractivity (Wildman–Crippen MR) is 106 cm³/mol. The molecule has 0 saturated carbocycles. The quantitative estimate of drug-likeness (QED) is 0.756. The molecule has 27 heavy (non-hydrogen) atoms. The van der Waals surface area contributed by atoms with Crippen LogP contribution in [0.1, 0.15) is 28.9 Å². The van der Waals surface area contributed by atoms with E-state index in [1.807, 2.05) is 31.2 Å². The van der Waals surface area contributed by atoms with Crippen LogP contribution < -0.4 is 5.32 Å². The first-order chi connectivity index (χ1) is 12.9. The van der Waals surface area contributed by atoms with E-state index in [9.17, 15) is 13.2 Å². The van der Waals surface area contributed by atoms with Gasteiger partial charge in [0.1, 0.15) is 0 Å². The third kappa shape index (κ3) is 4.76. The smallest absolute Gasteiger partial charge is 0.251 e. The number of sulfonamides is 1. The molecular weight excluding hydrogens is 432 g/mol. The molecule has 1 fully saturated rings. The molecule has 6 nitrogen and oxygen atoms in total. The second-order valence-corrected chi connectivity index (χ2v) is 9.15. The summed E-state index contributed by atoms with van der Waals surface area (Å²) in [6.07, 6.45) is 0. The standard InChI is InChI=1S/C19H21BrN2O4S/c1-14(15-4-2-6-17(20)12-15)21-19(23)16-5-3-7-18(13-16)27(24,25)22-8-10-26-11-9-22/h2-7,12-14H,8-11H2,1H3,(H,21,23). The number of halogens is 1. The maximum atomic E-state index is 12.8. The summed E-state index contributed by atoms with van der Waals surface area (Å²) in [5, 5.41) is 2.91. The van der Waals surface area contributed by atoms with Gasteiger partial charge in [-0.1, -0.05) is 34.1 Å². The van der Waals surface area contributed by atoms with E-state index in [4.69, 9.17) is 4.74 Å². The van der Waals surface area contributed by atoms with E-state index in [0.717, 1.165) is 10.0 Å². The Bertz CT molecular complexity index is 927. The zero-order valence-corrected chi connectivity index (χ0v) is 17.3. The fourth-order valence-electron chi connectivity index (χ4n) is 2.87. The third-order valence-corrected chi connectivity index (χ3v) is 6.79. The molecule has 0 bridgehead atoms. The molecule has 2 aromatic carbocycles. The number of nitrogens with one attached hydrogen (secondary N) is 1. The summed E-state index contributed by atoms with van der Waals surface area (Å²) in [4.78, 5) is 12.7. The van der Waals surface area contributed by atoms with Crippen LogP contribution in [0.5, 0.6) is 0 Å². The maximum Gasteiger partial charge on any atom is 0.251 e. The number of ether oxygens (including phenoxy) is 1. The van der Waals surface area contributed by atoms with Crippen LogP contribution in [0.15, 0.2) is 57.9 Å². The van der Waals surface area contributed by atoms with Crippen LogP contribution in [0.25, 0.3) is 0 Å². The lowest BCUT2D eigenvalue weighted by atomic mass is 10.1. The molecule has 1 N–H and O–H groups in total.